The summed E-state index contributed by atoms with van der Waals surface area (Å²) >= 11 is 3.58. The number of anilines is 3. The molecule has 1 aromatic heterocycles. The summed E-state index contributed by atoms with van der Waals surface area (Å²) in [5, 5.41) is 6.80. The standard InChI is InChI=1S/C17H21BrN4/c1-12-7-8-15(14(18)11-12)21-16-9-10-19-17(22-16)20-13-5-3-2-4-6-13/h7-11,13H,2-6H2,1H3,(H2,19,20,21,22). The number of hydrogen-bond acceptors (Lipinski definition) is 4. The van der Waals surface area contributed by atoms with Crippen LogP contribution < -0.4 is 10.6 Å². The first kappa shape index (κ1) is 15.3. The molecule has 0 aliphatic heterocycles. The fraction of sp³-hybridized carbons (Fsp3) is 0.412. The van der Waals surface area contributed by atoms with Gasteiger partial charge in [0.15, 0.2) is 0 Å². The van der Waals surface area contributed by atoms with E-state index in [0.29, 0.717) is 12.0 Å². The molecule has 0 bridgehead atoms. The van der Waals surface area contributed by atoms with Crippen molar-refractivity contribution in [3.05, 3.63) is 40.5 Å². The summed E-state index contributed by atoms with van der Waals surface area (Å²) < 4.78 is 1.04. The summed E-state index contributed by atoms with van der Waals surface area (Å²) in [6, 6.07) is 8.61. The molecule has 1 aliphatic rings. The third-order valence-corrected chi connectivity index (χ3v) is 4.64. The van der Waals surface area contributed by atoms with Gasteiger partial charge in [0.2, 0.25) is 5.95 Å². The molecule has 0 amide bonds. The smallest absolute Gasteiger partial charge is 0.224 e. The maximum atomic E-state index is 4.57. The molecule has 1 heterocycles. The van der Waals surface area contributed by atoms with Crippen LogP contribution in [0, 0.1) is 6.92 Å². The molecule has 2 aromatic rings. The predicted molar refractivity (Wildman–Crippen MR) is 94.7 cm³/mol. The minimum Gasteiger partial charge on any atom is -0.351 e. The fourth-order valence-electron chi connectivity index (χ4n) is 2.79. The number of aromatic nitrogens is 2. The third kappa shape index (κ3) is 3.97. The van der Waals surface area contributed by atoms with Crippen molar-refractivity contribution in [2.24, 2.45) is 0 Å². The van der Waals surface area contributed by atoms with Gasteiger partial charge in [0.1, 0.15) is 5.82 Å². The molecule has 0 atom stereocenters. The average Bonchev–Trinajstić information content (AvgIpc) is 2.52. The van der Waals surface area contributed by atoms with Gasteiger partial charge in [0.25, 0.3) is 0 Å². The van der Waals surface area contributed by atoms with Crippen LogP contribution in [-0.4, -0.2) is 16.0 Å². The van der Waals surface area contributed by atoms with E-state index in [4.69, 9.17) is 0 Å². The molecular formula is C17H21BrN4. The van der Waals surface area contributed by atoms with E-state index < -0.39 is 0 Å². The highest BCUT2D eigenvalue weighted by Gasteiger charge is 2.14. The Bertz CT molecular complexity index is 638. The van der Waals surface area contributed by atoms with Crippen LogP contribution in [0.5, 0.6) is 0 Å². The molecule has 116 valence electrons. The van der Waals surface area contributed by atoms with E-state index in [1.54, 1.807) is 6.20 Å². The number of nitrogens with one attached hydrogen (secondary N) is 2. The van der Waals surface area contributed by atoms with Crippen LogP contribution in [0.15, 0.2) is 34.9 Å². The summed E-state index contributed by atoms with van der Waals surface area (Å²) in [4.78, 5) is 8.91. The normalized spacial score (nSPS) is 15.5. The van der Waals surface area contributed by atoms with Crippen LogP contribution in [0.3, 0.4) is 0 Å². The average molecular weight is 361 g/mol. The number of aryl methyl sites for hydroxylation is 1. The van der Waals surface area contributed by atoms with Crippen molar-refractivity contribution in [2.45, 2.75) is 45.1 Å². The van der Waals surface area contributed by atoms with Gasteiger partial charge < -0.3 is 10.6 Å². The molecule has 1 fully saturated rings. The first-order chi connectivity index (χ1) is 10.7. The Balaban J connectivity index is 1.70. The van der Waals surface area contributed by atoms with Crippen LogP contribution in [-0.2, 0) is 0 Å². The van der Waals surface area contributed by atoms with Crippen molar-refractivity contribution >= 4 is 33.4 Å². The molecule has 0 unspecified atom stereocenters. The Kier molecular flexibility index (Phi) is 4.93. The van der Waals surface area contributed by atoms with Gasteiger partial charge in [0.05, 0.1) is 5.69 Å². The summed E-state index contributed by atoms with van der Waals surface area (Å²) in [6.07, 6.45) is 8.16. The molecule has 1 aliphatic carbocycles. The highest BCUT2D eigenvalue weighted by molar-refractivity contribution is 9.10. The van der Waals surface area contributed by atoms with E-state index in [1.807, 2.05) is 6.07 Å². The molecule has 4 nitrogen and oxygen atoms in total. The molecule has 1 saturated carbocycles. The Labute approximate surface area is 139 Å². The molecule has 22 heavy (non-hydrogen) atoms. The van der Waals surface area contributed by atoms with Crippen molar-refractivity contribution < 1.29 is 0 Å². The van der Waals surface area contributed by atoms with Gasteiger partial charge in [-0.2, -0.15) is 4.98 Å². The van der Waals surface area contributed by atoms with Crippen LogP contribution in [0.4, 0.5) is 17.5 Å². The van der Waals surface area contributed by atoms with Crippen LogP contribution in [0.2, 0.25) is 0 Å². The van der Waals surface area contributed by atoms with Crippen LogP contribution >= 0.6 is 15.9 Å². The van der Waals surface area contributed by atoms with E-state index >= 15 is 0 Å². The second kappa shape index (κ2) is 7.09. The maximum absolute atomic E-state index is 4.57. The fourth-order valence-corrected chi connectivity index (χ4v) is 3.38. The van der Waals surface area contributed by atoms with Crippen LogP contribution in [0.1, 0.15) is 37.7 Å². The topological polar surface area (TPSA) is 49.8 Å². The Morgan fingerprint density at radius 3 is 2.73 bits per heavy atom. The summed E-state index contributed by atoms with van der Waals surface area (Å²) in [7, 11) is 0. The van der Waals surface area contributed by atoms with Crippen molar-refractivity contribution in [1.82, 2.24) is 9.97 Å². The lowest BCUT2D eigenvalue weighted by Crippen LogP contribution is -2.23. The first-order valence-electron chi connectivity index (χ1n) is 7.83. The van der Waals surface area contributed by atoms with Gasteiger partial charge in [-0.1, -0.05) is 25.3 Å². The Morgan fingerprint density at radius 1 is 1.14 bits per heavy atom. The lowest BCUT2D eigenvalue weighted by atomic mass is 9.96. The van der Waals surface area contributed by atoms with Crippen LogP contribution in [0.25, 0.3) is 0 Å². The van der Waals surface area contributed by atoms with E-state index in [-0.39, 0.29) is 0 Å². The lowest BCUT2D eigenvalue weighted by molar-refractivity contribution is 0.461. The van der Waals surface area contributed by atoms with Gasteiger partial charge in [-0.3, -0.25) is 0 Å². The van der Waals surface area contributed by atoms with Crippen molar-refractivity contribution in [3.8, 4) is 0 Å². The molecule has 5 heteroatoms. The number of benzene rings is 1. The van der Waals surface area contributed by atoms with Gasteiger partial charge in [-0.25, -0.2) is 4.98 Å². The van der Waals surface area contributed by atoms with Crippen molar-refractivity contribution in [1.29, 1.82) is 0 Å². The van der Waals surface area contributed by atoms with Crippen molar-refractivity contribution in [3.63, 3.8) is 0 Å². The third-order valence-electron chi connectivity index (χ3n) is 3.98. The molecule has 0 spiro atoms. The maximum Gasteiger partial charge on any atom is 0.224 e. The Morgan fingerprint density at radius 2 is 1.95 bits per heavy atom. The second-order valence-corrected chi connectivity index (χ2v) is 6.71. The van der Waals surface area contributed by atoms with Gasteiger partial charge in [-0.05, 0) is 59.5 Å². The zero-order valence-electron chi connectivity index (χ0n) is 12.8. The highest BCUT2D eigenvalue weighted by atomic mass is 79.9. The number of halogens is 1. The summed E-state index contributed by atoms with van der Waals surface area (Å²) in [5.41, 5.74) is 2.23. The first-order valence-corrected chi connectivity index (χ1v) is 8.63. The second-order valence-electron chi connectivity index (χ2n) is 5.85. The van der Waals surface area contributed by atoms with Gasteiger partial charge in [0, 0.05) is 16.7 Å². The number of hydrogen-bond donors (Lipinski definition) is 2. The SMILES string of the molecule is Cc1ccc(Nc2ccnc(NC3CCCCC3)n2)c(Br)c1. The minimum absolute atomic E-state index is 0.509. The molecule has 1 aromatic carbocycles. The lowest BCUT2D eigenvalue weighted by Gasteiger charge is -2.22. The zero-order valence-corrected chi connectivity index (χ0v) is 14.4. The minimum atomic E-state index is 0.509. The number of rotatable bonds is 4. The summed E-state index contributed by atoms with van der Waals surface area (Å²) in [6.45, 7) is 2.07. The summed E-state index contributed by atoms with van der Waals surface area (Å²) in [5.74, 6) is 1.51. The zero-order chi connectivity index (χ0) is 15.4. The van der Waals surface area contributed by atoms with Gasteiger partial charge >= 0.3 is 0 Å². The quantitative estimate of drug-likeness (QED) is 0.801. The van der Waals surface area contributed by atoms with E-state index in [0.717, 1.165) is 16.0 Å². The Hall–Kier alpha value is -1.62. The molecule has 3 rings (SSSR count). The van der Waals surface area contributed by atoms with E-state index in [2.05, 4.69) is 61.7 Å². The molecular weight excluding hydrogens is 340 g/mol. The largest absolute Gasteiger partial charge is 0.351 e. The van der Waals surface area contributed by atoms with Gasteiger partial charge in [-0.15, -0.1) is 0 Å². The van der Waals surface area contributed by atoms with E-state index in [1.165, 1.54) is 37.7 Å². The molecule has 0 radical (unpaired) electrons. The monoisotopic (exact) mass is 360 g/mol. The van der Waals surface area contributed by atoms with Crippen molar-refractivity contribution in [2.75, 3.05) is 10.6 Å². The van der Waals surface area contributed by atoms with E-state index in [9.17, 15) is 0 Å². The number of nitrogens with zero attached hydrogens (tertiary/aromatic N) is 2. The highest BCUT2D eigenvalue weighted by Crippen LogP contribution is 2.26. The molecule has 2 N–H and O–H groups in total. The predicted octanol–water partition coefficient (Wildman–Crippen LogP) is 5.04. The molecule has 0 saturated heterocycles.